The van der Waals surface area contributed by atoms with Crippen LogP contribution in [0.2, 0.25) is 0 Å². The fraction of sp³-hybridized carbons (Fsp3) is 0.750. The highest BCUT2D eigenvalue weighted by atomic mass is 32.2. The molecule has 1 amide bonds. The normalized spacial score (nSPS) is 24.3. The summed E-state index contributed by atoms with van der Waals surface area (Å²) in [4.78, 5) is 14.2. The predicted molar refractivity (Wildman–Crippen MR) is 77.9 cm³/mol. The molecule has 2 fully saturated rings. The Kier molecular flexibility index (Phi) is 4.22. The maximum Gasteiger partial charge on any atom is 0.233 e. The molecule has 1 N–H and O–H groups in total. The Balaban J connectivity index is 1.64. The molecule has 0 aromatic carbocycles. The first-order chi connectivity index (χ1) is 9.33. The van der Waals surface area contributed by atoms with Crippen LogP contribution in [0.4, 0.5) is 5.13 Å². The highest BCUT2D eigenvalue weighted by molar-refractivity contribution is 8.02. The van der Waals surface area contributed by atoms with E-state index in [1.807, 2.05) is 0 Å². The number of carbonyl (C=O) groups excluding carboxylic acids is 1. The lowest BCUT2D eigenvalue weighted by molar-refractivity contribution is -0.120. The van der Waals surface area contributed by atoms with Crippen molar-refractivity contribution in [3.05, 3.63) is 0 Å². The molecule has 0 aliphatic carbocycles. The van der Waals surface area contributed by atoms with Crippen molar-refractivity contribution in [2.75, 3.05) is 24.5 Å². The first kappa shape index (κ1) is 13.2. The molecule has 7 heteroatoms. The second-order valence-corrected chi connectivity index (χ2v) is 7.34. The van der Waals surface area contributed by atoms with Gasteiger partial charge >= 0.3 is 0 Å². The zero-order valence-corrected chi connectivity index (χ0v) is 12.4. The van der Waals surface area contributed by atoms with Crippen LogP contribution in [-0.2, 0) is 4.79 Å². The van der Waals surface area contributed by atoms with E-state index in [0.717, 1.165) is 48.4 Å². The van der Waals surface area contributed by atoms with Crippen LogP contribution in [0, 0.1) is 0 Å². The summed E-state index contributed by atoms with van der Waals surface area (Å²) in [5.41, 5.74) is 0. The van der Waals surface area contributed by atoms with E-state index in [-0.39, 0.29) is 11.2 Å². The average Bonchev–Trinajstić information content (AvgIpc) is 3.03. The molecule has 3 rings (SSSR count). The quantitative estimate of drug-likeness (QED) is 0.923. The first-order valence-corrected chi connectivity index (χ1v) is 8.55. The molecule has 0 spiro atoms. The van der Waals surface area contributed by atoms with Crippen molar-refractivity contribution in [1.82, 2.24) is 15.5 Å². The smallest absolute Gasteiger partial charge is 0.233 e. The maximum absolute atomic E-state index is 11.9. The van der Waals surface area contributed by atoms with E-state index < -0.39 is 0 Å². The van der Waals surface area contributed by atoms with Crippen LogP contribution in [0.3, 0.4) is 0 Å². The number of aromatic nitrogens is 2. The van der Waals surface area contributed by atoms with Crippen LogP contribution in [0.25, 0.3) is 0 Å². The van der Waals surface area contributed by atoms with E-state index in [2.05, 4.69) is 20.4 Å². The van der Waals surface area contributed by atoms with Crippen molar-refractivity contribution < 1.29 is 4.79 Å². The van der Waals surface area contributed by atoms with Gasteiger partial charge in [-0.05, 0) is 25.7 Å². The molecule has 1 unspecified atom stereocenters. The number of hydrogen-bond acceptors (Lipinski definition) is 6. The summed E-state index contributed by atoms with van der Waals surface area (Å²) in [6.45, 7) is 2.98. The standard InChI is InChI=1S/C12H18N4OS2/c17-10-9(5-1-2-6-13-10)18-12-15-14-11(19-12)16-7-3-4-8-16/h9H,1-8H2,(H,13,17). The van der Waals surface area contributed by atoms with Crippen molar-refractivity contribution in [1.29, 1.82) is 0 Å². The Morgan fingerprint density at radius 2 is 2.05 bits per heavy atom. The van der Waals surface area contributed by atoms with Crippen molar-refractivity contribution in [3.8, 4) is 0 Å². The number of amides is 1. The molecule has 104 valence electrons. The summed E-state index contributed by atoms with van der Waals surface area (Å²) in [6, 6.07) is 0. The van der Waals surface area contributed by atoms with Gasteiger partial charge in [-0.3, -0.25) is 4.79 Å². The van der Waals surface area contributed by atoms with E-state index in [9.17, 15) is 4.79 Å². The second kappa shape index (κ2) is 6.09. The van der Waals surface area contributed by atoms with Gasteiger partial charge in [0.15, 0.2) is 4.34 Å². The summed E-state index contributed by atoms with van der Waals surface area (Å²) < 4.78 is 0.920. The van der Waals surface area contributed by atoms with Crippen molar-refractivity contribution >= 4 is 34.1 Å². The van der Waals surface area contributed by atoms with Gasteiger partial charge < -0.3 is 10.2 Å². The maximum atomic E-state index is 11.9. The highest BCUT2D eigenvalue weighted by Crippen LogP contribution is 2.34. The minimum absolute atomic E-state index is 0.00174. The summed E-state index contributed by atoms with van der Waals surface area (Å²) in [5, 5.41) is 12.5. The Hall–Kier alpha value is -0.820. The van der Waals surface area contributed by atoms with E-state index in [1.165, 1.54) is 12.8 Å². The van der Waals surface area contributed by atoms with Gasteiger partial charge in [-0.15, -0.1) is 10.2 Å². The van der Waals surface area contributed by atoms with Gasteiger partial charge in [-0.1, -0.05) is 29.5 Å². The number of hydrogen-bond donors (Lipinski definition) is 1. The molecule has 1 aromatic heterocycles. The Bertz CT molecular complexity index is 445. The third kappa shape index (κ3) is 3.20. The van der Waals surface area contributed by atoms with E-state index in [4.69, 9.17) is 0 Å². The number of anilines is 1. The van der Waals surface area contributed by atoms with E-state index in [0.29, 0.717) is 0 Å². The van der Waals surface area contributed by atoms with Gasteiger partial charge in [0.05, 0.1) is 5.25 Å². The van der Waals surface area contributed by atoms with Crippen LogP contribution in [0.1, 0.15) is 32.1 Å². The van der Waals surface area contributed by atoms with Gasteiger partial charge in [0.25, 0.3) is 0 Å². The number of nitrogens with one attached hydrogen (secondary N) is 1. The number of rotatable bonds is 3. The SMILES string of the molecule is O=C1NCCCCC1Sc1nnc(N2CCCC2)s1. The van der Waals surface area contributed by atoms with E-state index >= 15 is 0 Å². The molecule has 1 aromatic rings. The van der Waals surface area contributed by atoms with Gasteiger partial charge in [0, 0.05) is 19.6 Å². The fourth-order valence-corrected chi connectivity index (χ4v) is 4.63. The minimum atomic E-state index is 0.00174. The van der Waals surface area contributed by atoms with Crippen LogP contribution in [-0.4, -0.2) is 41.0 Å². The number of nitrogens with zero attached hydrogens (tertiary/aromatic N) is 3. The van der Waals surface area contributed by atoms with Crippen LogP contribution >= 0.6 is 23.1 Å². The molecule has 1 atom stereocenters. The summed E-state index contributed by atoms with van der Waals surface area (Å²) in [7, 11) is 0. The van der Waals surface area contributed by atoms with Gasteiger partial charge in [-0.2, -0.15) is 0 Å². The topological polar surface area (TPSA) is 58.1 Å². The lowest BCUT2D eigenvalue weighted by atomic mass is 10.2. The molecule has 3 heterocycles. The zero-order valence-electron chi connectivity index (χ0n) is 10.8. The largest absolute Gasteiger partial charge is 0.355 e. The molecule has 2 saturated heterocycles. The number of carbonyl (C=O) groups is 1. The Labute approximate surface area is 121 Å². The number of thioether (sulfide) groups is 1. The third-order valence-corrected chi connectivity index (χ3v) is 5.84. The molecular formula is C12H18N4OS2. The van der Waals surface area contributed by atoms with E-state index in [1.54, 1.807) is 23.1 Å². The molecule has 2 aliphatic rings. The molecule has 5 nitrogen and oxygen atoms in total. The average molecular weight is 298 g/mol. The van der Waals surface area contributed by atoms with Crippen LogP contribution in [0.5, 0.6) is 0 Å². The third-order valence-electron chi connectivity index (χ3n) is 3.50. The second-order valence-electron chi connectivity index (χ2n) is 4.94. The van der Waals surface area contributed by atoms with Crippen molar-refractivity contribution in [2.24, 2.45) is 0 Å². The molecule has 2 aliphatic heterocycles. The first-order valence-electron chi connectivity index (χ1n) is 6.86. The Morgan fingerprint density at radius 3 is 2.89 bits per heavy atom. The summed E-state index contributed by atoms with van der Waals surface area (Å²) in [5.74, 6) is 0.153. The van der Waals surface area contributed by atoms with Crippen LogP contribution < -0.4 is 10.2 Å². The zero-order chi connectivity index (χ0) is 13.1. The van der Waals surface area contributed by atoms with Crippen LogP contribution in [0.15, 0.2) is 4.34 Å². The summed E-state index contributed by atoms with van der Waals surface area (Å²) in [6.07, 6.45) is 5.61. The van der Waals surface area contributed by atoms with Crippen molar-refractivity contribution in [3.63, 3.8) is 0 Å². The lowest BCUT2D eigenvalue weighted by Gasteiger charge is -2.11. The van der Waals surface area contributed by atoms with Crippen molar-refractivity contribution in [2.45, 2.75) is 41.7 Å². The van der Waals surface area contributed by atoms with Gasteiger partial charge in [-0.25, -0.2) is 0 Å². The lowest BCUT2D eigenvalue weighted by Crippen LogP contribution is -2.30. The molecule has 0 bridgehead atoms. The highest BCUT2D eigenvalue weighted by Gasteiger charge is 2.24. The predicted octanol–water partition coefficient (Wildman–Crippen LogP) is 1.90. The monoisotopic (exact) mass is 298 g/mol. The summed E-state index contributed by atoms with van der Waals surface area (Å²) >= 11 is 3.19. The minimum Gasteiger partial charge on any atom is -0.355 e. The van der Waals surface area contributed by atoms with Gasteiger partial charge in [0.1, 0.15) is 0 Å². The molecule has 0 radical (unpaired) electrons. The van der Waals surface area contributed by atoms with Gasteiger partial charge in [0.2, 0.25) is 11.0 Å². The molecular weight excluding hydrogens is 280 g/mol. The molecule has 19 heavy (non-hydrogen) atoms. The Morgan fingerprint density at radius 1 is 1.21 bits per heavy atom. The fourth-order valence-electron chi connectivity index (χ4n) is 2.43. The molecule has 0 saturated carbocycles.